The summed E-state index contributed by atoms with van der Waals surface area (Å²) in [5.41, 5.74) is 1.26. The number of H-pyrrole nitrogens is 1. The minimum Gasteiger partial charge on any atom is -0.465 e. The van der Waals surface area contributed by atoms with E-state index in [0.29, 0.717) is 22.6 Å². The van der Waals surface area contributed by atoms with Gasteiger partial charge >= 0.3 is 5.97 Å². The largest absolute Gasteiger partial charge is 0.465 e. The van der Waals surface area contributed by atoms with E-state index in [2.05, 4.69) is 20.3 Å². The van der Waals surface area contributed by atoms with Crippen LogP contribution in [-0.2, 0) is 19.7 Å². The lowest BCUT2D eigenvalue weighted by molar-refractivity contribution is -0.152. The van der Waals surface area contributed by atoms with Gasteiger partial charge in [-0.05, 0) is 26.0 Å². The van der Waals surface area contributed by atoms with E-state index in [4.69, 9.17) is 4.74 Å². The lowest BCUT2D eigenvalue weighted by Crippen LogP contribution is -2.40. The molecule has 8 heteroatoms. The zero-order valence-corrected chi connectivity index (χ0v) is 13.9. The van der Waals surface area contributed by atoms with Crippen molar-refractivity contribution in [3.63, 3.8) is 0 Å². The average Bonchev–Trinajstić information content (AvgIpc) is 3.25. The Balaban J connectivity index is 1.86. The van der Waals surface area contributed by atoms with Crippen LogP contribution in [-0.4, -0.2) is 33.4 Å². The number of hydrogen-bond acceptors (Lipinski definition) is 6. The van der Waals surface area contributed by atoms with Gasteiger partial charge in [0, 0.05) is 22.8 Å². The summed E-state index contributed by atoms with van der Waals surface area (Å²) in [5.74, 6) is -0.281. The second kappa shape index (κ2) is 5.13. The molecule has 1 aliphatic heterocycles. The van der Waals surface area contributed by atoms with Crippen LogP contribution in [0.15, 0.2) is 23.7 Å². The number of nitrogens with one attached hydrogen (secondary N) is 2. The molecule has 7 nitrogen and oxygen atoms in total. The van der Waals surface area contributed by atoms with Gasteiger partial charge < -0.3 is 15.0 Å². The number of carbonyl (C=O) groups is 2. The van der Waals surface area contributed by atoms with Crippen molar-refractivity contribution in [2.24, 2.45) is 0 Å². The third kappa shape index (κ3) is 1.96. The molecule has 24 heavy (non-hydrogen) atoms. The fourth-order valence-electron chi connectivity index (χ4n) is 2.86. The van der Waals surface area contributed by atoms with Crippen molar-refractivity contribution in [3.05, 3.63) is 29.3 Å². The molecule has 0 saturated heterocycles. The molecule has 122 valence electrons. The number of aromatic nitrogens is 3. The van der Waals surface area contributed by atoms with Crippen molar-refractivity contribution in [2.75, 3.05) is 11.9 Å². The van der Waals surface area contributed by atoms with Gasteiger partial charge in [0.1, 0.15) is 0 Å². The minimum atomic E-state index is -1.36. The van der Waals surface area contributed by atoms with Gasteiger partial charge in [-0.15, -0.1) is 11.3 Å². The highest BCUT2D eigenvalue weighted by Gasteiger charge is 2.50. The third-order valence-electron chi connectivity index (χ3n) is 4.18. The molecule has 4 rings (SSSR count). The molecule has 3 heterocycles. The zero-order valence-electron chi connectivity index (χ0n) is 13.0. The second-order valence-electron chi connectivity index (χ2n) is 5.64. The summed E-state index contributed by atoms with van der Waals surface area (Å²) >= 11 is 1.48. The number of hydrogen-bond donors (Lipinski definition) is 2. The molecule has 2 aromatic heterocycles. The summed E-state index contributed by atoms with van der Waals surface area (Å²) in [5, 5.41) is 5.41. The van der Waals surface area contributed by atoms with Crippen molar-refractivity contribution < 1.29 is 14.3 Å². The Bertz CT molecular complexity index is 963. The monoisotopic (exact) mass is 342 g/mol. The number of anilines is 1. The Morgan fingerprint density at radius 3 is 2.96 bits per heavy atom. The summed E-state index contributed by atoms with van der Waals surface area (Å²) < 4.78 is 5.10. The first-order chi connectivity index (χ1) is 11.5. The average molecular weight is 342 g/mol. The van der Waals surface area contributed by atoms with Gasteiger partial charge in [0.2, 0.25) is 5.91 Å². The van der Waals surface area contributed by atoms with Crippen LogP contribution in [0.25, 0.3) is 21.9 Å². The number of amides is 1. The highest BCUT2D eigenvalue weighted by atomic mass is 32.1. The predicted octanol–water partition coefficient (Wildman–Crippen LogP) is 2.46. The fourth-order valence-corrected chi connectivity index (χ4v) is 3.44. The van der Waals surface area contributed by atoms with Crippen LogP contribution < -0.4 is 5.32 Å². The van der Waals surface area contributed by atoms with Crippen LogP contribution in [0.4, 0.5) is 5.69 Å². The van der Waals surface area contributed by atoms with Crippen LogP contribution in [0.3, 0.4) is 0 Å². The van der Waals surface area contributed by atoms with Gasteiger partial charge in [-0.1, -0.05) is 0 Å². The maximum Gasteiger partial charge on any atom is 0.326 e. The first-order valence-electron chi connectivity index (χ1n) is 7.47. The number of imidazole rings is 1. The van der Waals surface area contributed by atoms with Crippen molar-refractivity contribution >= 4 is 39.9 Å². The molecule has 1 amide bonds. The summed E-state index contributed by atoms with van der Waals surface area (Å²) in [6.45, 7) is 3.51. The molecule has 3 aromatic rings. The Kier molecular flexibility index (Phi) is 3.17. The number of nitrogens with zero attached hydrogens (tertiary/aromatic N) is 2. The van der Waals surface area contributed by atoms with Crippen LogP contribution in [0, 0.1) is 0 Å². The van der Waals surface area contributed by atoms with Crippen LogP contribution in [0.1, 0.15) is 19.4 Å². The molecule has 0 spiro atoms. The molecule has 1 atom stereocenters. The van der Waals surface area contributed by atoms with Crippen molar-refractivity contribution in [1.29, 1.82) is 0 Å². The van der Waals surface area contributed by atoms with Gasteiger partial charge in [-0.25, -0.2) is 9.97 Å². The number of esters is 1. The fraction of sp³-hybridized carbons (Fsp3) is 0.250. The molecule has 0 saturated carbocycles. The van der Waals surface area contributed by atoms with E-state index in [-0.39, 0.29) is 12.5 Å². The summed E-state index contributed by atoms with van der Waals surface area (Å²) in [4.78, 5) is 36.7. The topological polar surface area (TPSA) is 97.0 Å². The van der Waals surface area contributed by atoms with E-state index in [1.54, 1.807) is 32.2 Å². The molecule has 1 unspecified atom stereocenters. The van der Waals surface area contributed by atoms with E-state index in [1.165, 1.54) is 11.3 Å². The number of benzene rings is 1. The van der Waals surface area contributed by atoms with Gasteiger partial charge in [0.25, 0.3) is 0 Å². The summed E-state index contributed by atoms with van der Waals surface area (Å²) in [6.07, 6.45) is 1.71. The Hall–Kier alpha value is -2.74. The Morgan fingerprint density at radius 2 is 2.25 bits per heavy atom. The molecular weight excluding hydrogens is 328 g/mol. The smallest absolute Gasteiger partial charge is 0.326 e. The first kappa shape index (κ1) is 14.8. The van der Waals surface area contributed by atoms with E-state index < -0.39 is 11.4 Å². The number of thiazole rings is 1. The second-order valence-corrected chi connectivity index (χ2v) is 6.53. The molecule has 2 N–H and O–H groups in total. The summed E-state index contributed by atoms with van der Waals surface area (Å²) in [7, 11) is 0. The Morgan fingerprint density at radius 1 is 1.42 bits per heavy atom. The number of aromatic amines is 1. The molecule has 0 fully saturated rings. The molecular formula is C16H14N4O3S. The van der Waals surface area contributed by atoms with E-state index in [1.807, 2.05) is 5.38 Å². The lowest BCUT2D eigenvalue weighted by atomic mass is 9.83. The highest BCUT2D eigenvalue weighted by Crippen LogP contribution is 2.41. The van der Waals surface area contributed by atoms with E-state index in [9.17, 15) is 9.59 Å². The van der Waals surface area contributed by atoms with Crippen molar-refractivity contribution in [3.8, 4) is 10.8 Å². The number of ether oxygens (including phenoxy) is 1. The van der Waals surface area contributed by atoms with E-state index in [0.717, 1.165) is 10.5 Å². The molecule has 1 aromatic carbocycles. The number of fused-ring (bicyclic) bond motifs is 2. The maximum atomic E-state index is 12.4. The maximum absolute atomic E-state index is 12.4. The highest BCUT2D eigenvalue weighted by molar-refractivity contribution is 7.13. The molecule has 1 aliphatic rings. The molecule has 0 bridgehead atoms. The third-order valence-corrected chi connectivity index (χ3v) is 4.96. The molecule has 0 radical (unpaired) electrons. The van der Waals surface area contributed by atoms with Gasteiger partial charge in [-0.2, -0.15) is 0 Å². The normalized spacial score (nSPS) is 19.3. The number of rotatable bonds is 3. The van der Waals surface area contributed by atoms with Crippen LogP contribution >= 0.6 is 11.3 Å². The summed E-state index contributed by atoms with van der Waals surface area (Å²) in [6, 6.07) is 3.55. The van der Waals surface area contributed by atoms with Gasteiger partial charge in [0.15, 0.2) is 16.2 Å². The van der Waals surface area contributed by atoms with Crippen molar-refractivity contribution in [2.45, 2.75) is 19.3 Å². The zero-order chi connectivity index (χ0) is 16.9. The van der Waals surface area contributed by atoms with Crippen LogP contribution in [0.2, 0.25) is 0 Å². The lowest BCUT2D eigenvalue weighted by Gasteiger charge is -2.19. The predicted molar refractivity (Wildman–Crippen MR) is 89.8 cm³/mol. The first-order valence-corrected chi connectivity index (χ1v) is 8.34. The minimum absolute atomic E-state index is 0.220. The van der Waals surface area contributed by atoms with Gasteiger partial charge in [-0.3, -0.25) is 9.59 Å². The van der Waals surface area contributed by atoms with Gasteiger partial charge in [0.05, 0.1) is 17.6 Å². The van der Waals surface area contributed by atoms with E-state index >= 15 is 0 Å². The molecule has 0 aliphatic carbocycles. The Labute approximate surface area is 141 Å². The quantitative estimate of drug-likeness (QED) is 0.563. The van der Waals surface area contributed by atoms with Crippen molar-refractivity contribution in [1.82, 2.24) is 15.0 Å². The SMILES string of the molecule is CCOC(=O)C1(C)C(=O)Nc2cc3nc(-c4nccs4)[nH]c3cc21. The number of carbonyl (C=O) groups excluding carboxylic acids is 2. The van der Waals surface area contributed by atoms with Crippen LogP contribution in [0.5, 0.6) is 0 Å². The standard InChI is InChI=1S/C16H14N4O3S/c1-3-23-15(22)16(2)8-6-10-11(7-9(8)20-14(16)21)19-12(18-10)13-17-4-5-24-13/h4-7H,3H2,1-2H3,(H,18,19)(H,20,21).